The van der Waals surface area contributed by atoms with Crippen molar-refractivity contribution in [2.75, 3.05) is 0 Å². The summed E-state index contributed by atoms with van der Waals surface area (Å²) in [5.74, 6) is 1.21. The van der Waals surface area contributed by atoms with Crippen molar-refractivity contribution in [1.82, 2.24) is 0 Å². The van der Waals surface area contributed by atoms with Crippen LogP contribution in [0.2, 0.25) is 0 Å². The molecular formula is C14H15FO2. The van der Waals surface area contributed by atoms with Gasteiger partial charge in [0, 0.05) is 12.0 Å². The summed E-state index contributed by atoms with van der Waals surface area (Å²) < 4.78 is 18.4. The Morgan fingerprint density at radius 3 is 2.65 bits per heavy atom. The van der Waals surface area contributed by atoms with Crippen molar-refractivity contribution >= 4 is 0 Å². The average Bonchev–Trinajstić information content (AvgIpc) is 2.58. The monoisotopic (exact) mass is 234 g/mol. The lowest BCUT2D eigenvalue weighted by Gasteiger charge is -2.09. The molecular weight excluding hydrogens is 219 g/mol. The minimum absolute atomic E-state index is 0.283. The molecule has 0 aliphatic heterocycles. The number of benzene rings is 1. The summed E-state index contributed by atoms with van der Waals surface area (Å²) in [6.07, 6.45) is -0.272. The quantitative estimate of drug-likeness (QED) is 0.883. The van der Waals surface area contributed by atoms with Crippen LogP contribution in [0.15, 0.2) is 34.7 Å². The molecule has 1 heterocycles. The maximum absolute atomic E-state index is 13.0. The Bertz CT molecular complexity index is 517. The minimum atomic E-state index is -0.658. The maximum atomic E-state index is 13.0. The molecule has 0 bridgehead atoms. The molecule has 0 spiro atoms. The second-order valence-corrected chi connectivity index (χ2v) is 4.22. The lowest BCUT2D eigenvalue weighted by atomic mass is 10.0. The molecule has 1 aromatic heterocycles. The van der Waals surface area contributed by atoms with Crippen molar-refractivity contribution in [3.63, 3.8) is 0 Å². The van der Waals surface area contributed by atoms with E-state index in [1.54, 1.807) is 12.1 Å². The number of rotatable bonds is 3. The number of hydrogen-bond acceptors (Lipinski definition) is 2. The van der Waals surface area contributed by atoms with Gasteiger partial charge in [-0.3, -0.25) is 0 Å². The van der Waals surface area contributed by atoms with E-state index < -0.39 is 6.10 Å². The standard InChI is InChI=1S/C14H15FO2/c1-9-6-13(10(2)17-9)14(16)8-11-4-3-5-12(15)7-11/h3-7,14,16H,8H2,1-2H3. The molecule has 0 radical (unpaired) electrons. The van der Waals surface area contributed by atoms with E-state index in [-0.39, 0.29) is 5.82 Å². The number of hydrogen-bond donors (Lipinski definition) is 1. The predicted octanol–water partition coefficient (Wildman–Crippen LogP) is 3.31. The lowest BCUT2D eigenvalue weighted by molar-refractivity contribution is 0.176. The van der Waals surface area contributed by atoms with Gasteiger partial charge < -0.3 is 9.52 Å². The van der Waals surface area contributed by atoms with E-state index in [1.165, 1.54) is 12.1 Å². The van der Waals surface area contributed by atoms with Crippen LogP contribution in [0.5, 0.6) is 0 Å². The normalized spacial score (nSPS) is 12.7. The van der Waals surface area contributed by atoms with E-state index in [1.807, 2.05) is 19.9 Å². The van der Waals surface area contributed by atoms with Crippen LogP contribution in [0.1, 0.15) is 28.8 Å². The number of aliphatic hydroxyl groups is 1. The molecule has 2 aromatic rings. The summed E-state index contributed by atoms with van der Waals surface area (Å²) in [7, 11) is 0. The highest BCUT2D eigenvalue weighted by Crippen LogP contribution is 2.24. The molecule has 1 aromatic carbocycles. The van der Waals surface area contributed by atoms with Gasteiger partial charge in [0.15, 0.2) is 0 Å². The molecule has 1 atom stereocenters. The summed E-state index contributed by atoms with van der Waals surface area (Å²) in [4.78, 5) is 0. The highest BCUT2D eigenvalue weighted by molar-refractivity contribution is 5.26. The first-order valence-corrected chi connectivity index (χ1v) is 5.55. The van der Waals surface area contributed by atoms with Crippen LogP contribution in [-0.2, 0) is 6.42 Å². The number of aryl methyl sites for hydroxylation is 2. The van der Waals surface area contributed by atoms with E-state index in [2.05, 4.69) is 0 Å². The molecule has 2 nitrogen and oxygen atoms in total. The number of aliphatic hydroxyl groups excluding tert-OH is 1. The smallest absolute Gasteiger partial charge is 0.123 e. The van der Waals surface area contributed by atoms with Gasteiger partial charge in [-0.1, -0.05) is 12.1 Å². The SMILES string of the molecule is Cc1cc(C(O)Cc2cccc(F)c2)c(C)o1. The summed E-state index contributed by atoms with van der Waals surface area (Å²) in [5.41, 5.74) is 1.54. The Labute approximate surface area is 99.7 Å². The largest absolute Gasteiger partial charge is 0.466 e. The molecule has 1 N–H and O–H groups in total. The second-order valence-electron chi connectivity index (χ2n) is 4.22. The van der Waals surface area contributed by atoms with Crippen LogP contribution >= 0.6 is 0 Å². The zero-order valence-electron chi connectivity index (χ0n) is 9.90. The molecule has 0 aliphatic rings. The molecule has 17 heavy (non-hydrogen) atoms. The van der Waals surface area contributed by atoms with E-state index in [4.69, 9.17) is 4.42 Å². The zero-order chi connectivity index (χ0) is 12.4. The molecule has 90 valence electrons. The molecule has 0 saturated heterocycles. The highest BCUT2D eigenvalue weighted by Gasteiger charge is 2.15. The van der Waals surface area contributed by atoms with Gasteiger partial charge in [0.05, 0.1) is 6.10 Å². The van der Waals surface area contributed by atoms with Crippen LogP contribution in [0.25, 0.3) is 0 Å². The molecule has 1 unspecified atom stereocenters. The first-order valence-electron chi connectivity index (χ1n) is 5.55. The van der Waals surface area contributed by atoms with Crippen LogP contribution < -0.4 is 0 Å². The molecule has 0 fully saturated rings. The van der Waals surface area contributed by atoms with Gasteiger partial charge in [0.2, 0.25) is 0 Å². The topological polar surface area (TPSA) is 33.4 Å². The number of halogens is 1. The predicted molar refractivity (Wildman–Crippen MR) is 63.2 cm³/mol. The molecule has 0 saturated carbocycles. The van der Waals surface area contributed by atoms with Crippen molar-refractivity contribution < 1.29 is 13.9 Å². The molecule has 0 aliphatic carbocycles. The van der Waals surface area contributed by atoms with Gasteiger partial charge in [-0.2, -0.15) is 0 Å². The van der Waals surface area contributed by atoms with Gasteiger partial charge in [0.1, 0.15) is 17.3 Å². The van der Waals surface area contributed by atoms with Crippen molar-refractivity contribution in [2.24, 2.45) is 0 Å². The highest BCUT2D eigenvalue weighted by atomic mass is 19.1. The van der Waals surface area contributed by atoms with E-state index in [0.717, 1.165) is 16.9 Å². The van der Waals surface area contributed by atoms with Gasteiger partial charge in [-0.25, -0.2) is 4.39 Å². The summed E-state index contributed by atoms with van der Waals surface area (Å²) in [5, 5.41) is 10.1. The zero-order valence-corrected chi connectivity index (χ0v) is 9.90. The fourth-order valence-corrected chi connectivity index (χ4v) is 1.98. The Morgan fingerprint density at radius 1 is 1.29 bits per heavy atom. The lowest BCUT2D eigenvalue weighted by Crippen LogP contribution is -2.02. The first kappa shape index (κ1) is 11.9. The van der Waals surface area contributed by atoms with Crippen LogP contribution in [0.3, 0.4) is 0 Å². The third-order valence-electron chi connectivity index (χ3n) is 2.76. The van der Waals surface area contributed by atoms with Crippen LogP contribution in [0, 0.1) is 19.7 Å². The maximum Gasteiger partial charge on any atom is 0.123 e. The Kier molecular flexibility index (Phi) is 3.29. The fourth-order valence-electron chi connectivity index (χ4n) is 1.98. The number of furan rings is 1. The van der Waals surface area contributed by atoms with Crippen LogP contribution in [0.4, 0.5) is 4.39 Å². The van der Waals surface area contributed by atoms with Crippen molar-refractivity contribution in [2.45, 2.75) is 26.4 Å². The second kappa shape index (κ2) is 4.72. The van der Waals surface area contributed by atoms with Crippen molar-refractivity contribution in [3.8, 4) is 0 Å². The molecule has 0 amide bonds. The third kappa shape index (κ3) is 2.74. The molecule has 3 heteroatoms. The summed E-state index contributed by atoms with van der Waals surface area (Å²) in [6.45, 7) is 3.66. The fraction of sp³-hybridized carbons (Fsp3) is 0.286. The molecule has 2 rings (SSSR count). The van der Waals surface area contributed by atoms with Gasteiger partial charge in [-0.15, -0.1) is 0 Å². The first-order chi connectivity index (χ1) is 8.06. The van der Waals surface area contributed by atoms with Crippen molar-refractivity contribution in [3.05, 3.63) is 58.8 Å². The van der Waals surface area contributed by atoms with Gasteiger partial charge >= 0.3 is 0 Å². The van der Waals surface area contributed by atoms with E-state index >= 15 is 0 Å². The summed E-state index contributed by atoms with van der Waals surface area (Å²) in [6, 6.07) is 8.09. The minimum Gasteiger partial charge on any atom is -0.466 e. The Morgan fingerprint density at radius 2 is 2.06 bits per heavy atom. The summed E-state index contributed by atoms with van der Waals surface area (Å²) >= 11 is 0. The Hall–Kier alpha value is -1.61. The van der Waals surface area contributed by atoms with Gasteiger partial charge in [0.25, 0.3) is 0 Å². The average molecular weight is 234 g/mol. The van der Waals surface area contributed by atoms with Gasteiger partial charge in [-0.05, 0) is 37.6 Å². The third-order valence-corrected chi connectivity index (χ3v) is 2.76. The van der Waals surface area contributed by atoms with Crippen molar-refractivity contribution in [1.29, 1.82) is 0 Å². The van der Waals surface area contributed by atoms with E-state index in [9.17, 15) is 9.50 Å². The van der Waals surface area contributed by atoms with Crippen LogP contribution in [-0.4, -0.2) is 5.11 Å². The Balaban J connectivity index is 2.16. The van der Waals surface area contributed by atoms with E-state index in [0.29, 0.717) is 12.2 Å².